The van der Waals surface area contributed by atoms with Crippen molar-refractivity contribution in [1.82, 2.24) is 0 Å². The normalized spacial score (nSPS) is 43.5. The van der Waals surface area contributed by atoms with Crippen LogP contribution in [0.3, 0.4) is 0 Å². The van der Waals surface area contributed by atoms with E-state index in [0.717, 1.165) is 6.42 Å². The molecule has 11 atom stereocenters. The second-order valence-electron chi connectivity index (χ2n) is 17.2. The molecule has 0 radical (unpaired) electrons. The van der Waals surface area contributed by atoms with Crippen LogP contribution in [0.15, 0.2) is 23.3 Å². The van der Waals surface area contributed by atoms with E-state index in [1.165, 1.54) is 14.0 Å². The zero-order valence-electron chi connectivity index (χ0n) is 31.5. The third kappa shape index (κ3) is 8.20. The summed E-state index contributed by atoms with van der Waals surface area (Å²) >= 11 is 0. The van der Waals surface area contributed by atoms with Gasteiger partial charge in [-0.15, -0.1) is 0 Å². The molecule has 4 rings (SSSR count). The van der Waals surface area contributed by atoms with E-state index in [2.05, 4.69) is 0 Å². The fourth-order valence-electron chi connectivity index (χ4n) is 9.26. The van der Waals surface area contributed by atoms with Crippen LogP contribution in [0.5, 0.6) is 0 Å². The van der Waals surface area contributed by atoms with E-state index >= 15 is 0 Å². The minimum atomic E-state index is -1.92. The molecular formula is C40H62O10. The Balaban J connectivity index is 2.00. The van der Waals surface area contributed by atoms with Crippen molar-refractivity contribution < 1.29 is 49.1 Å². The summed E-state index contributed by atoms with van der Waals surface area (Å²) in [5, 5.41) is 47.3. The molecule has 282 valence electrons. The lowest BCUT2D eigenvalue weighted by atomic mass is 9.53. The lowest BCUT2D eigenvalue weighted by Gasteiger charge is -2.51. The Kier molecular flexibility index (Phi) is 12.5. The molecule has 0 aromatic carbocycles. The number of hydrogen-bond donors (Lipinski definition) is 4. The number of methoxy groups -OCH3 is 1. The summed E-state index contributed by atoms with van der Waals surface area (Å²) in [6, 6.07) is 0. The van der Waals surface area contributed by atoms with E-state index in [1.807, 2.05) is 27.7 Å². The second-order valence-corrected chi connectivity index (χ2v) is 17.2. The van der Waals surface area contributed by atoms with Gasteiger partial charge in [0.1, 0.15) is 22.8 Å². The minimum absolute atomic E-state index is 0.0107. The van der Waals surface area contributed by atoms with E-state index in [0.29, 0.717) is 38.5 Å². The predicted octanol–water partition coefficient (Wildman–Crippen LogP) is 4.97. The molecule has 4 N–H and O–H groups in total. The first-order chi connectivity index (χ1) is 23.2. The average Bonchev–Trinajstić information content (AvgIpc) is 3.00. The third-order valence-corrected chi connectivity index (χ3v) is 12.5. The number of fused-ring (bicyclic) bond motifs is 4. The Morgan fingerprint density at radius 3 is 2.20 bits per heavy atom. The Morgan fingerprint density at radius 2 is 1.56 bits per heavy atom. The van der Waals surface area contributed by atoms with Crippen molar-refractivity contribution in [1.29, 1.82) is 0 Å². The van der Waals surface area contributed by atoms with Gasteiger partial charge in [-0.1, -0.05) is 52.7 Å². The SMILES string of the molecule is COC(=O)[C@]12CC(=O)[C@H](C(C)C)CC(=O)[C@H](C)CCC[C@H](C)CC(=O)[C@H]1C[C@@](C)(O)C1=C2/C=C/CC[C@@H]2O[C@H](CC[C@]2(C)O)[C@@](C)(O)C[C@H]1O. The maximum atomic E-state index is 14.6. The Morgan fingerprint density at radius 1 is 0.900 bits per heavy atom. The molecule has 0 unspecified atom stereocenters. The number of carbonyl (C=O) groups is 4. The second kappa shape index (κ2) is 15.4. The molecule has 0 aromatic heterocycles. The highest BCUT2D eigenvalue weighted by Gasteiger charge is 2.61. The van der Waals surface area contributed by atoms with Crippen LogP contribution in [0.1, 0.15) is 126 Å². The Labute approximate surface area is 298 Å². The highest BCUT2D eigenvalue weighted by atomic mass is 16.5. The maximum absolute atomic E-state index is 14.6. The maximum Gasteiger partial charge on any atom is 0.317 e. The number of allylic oxidation sites excluding steroid dienone is 2. The molecule has 0 spiro atoms. The number of rotatable bonds is 2. The van der Waals surface area contributed by atoms with Crippen LogP contribution >= 0.6 is 0 Å². The Hall–Kier alpha value is -2.24. The Bertz CT molecular complexity index is 1360. The molecular weight excluding hydrogens is 640 g/mol. The van der Waals surface area contributed by atoms with E-state index in [-0.39, 0.29) is 71.9 Å². The van der Waals surface area contributed by atoms with Gasteiger partial charge in [0.15, 0.2) is 0 Å². The number of ether oxygens (including phenoxy) is 2. The predicted molar refractivity (Wildman–Crippen MR) is 188 cm³/mol. The van der Waals surface area contributed by atoms with Crippen molar-refractivity contribution in [2.24, 2.45) is 35.0 Å². The van der Waals surface area contributed by atoms with Crippen molar-refractivity contribution >= 4 is 23.3 Å². The van der Waals surface area contributed by atoms with Crippen LogP contribution in [0.2, 0.25) is 0 Å². The van der Waals surface area contributed by atoms with Crippen LogP contribution in [0.4, 0.5) is 0 Å². The van der Waals surface area contributed by atoms with Crippen LogP contribution in [-0.4, -0.2) is 86.0 Å². The van der Waals surface area contributed by atoms with Gasteiger partial charge in [0.05, 0.1) is 42.2 Å². The van der Waals surface area contributed by atoms with Crippen LogP contribution in [0, 0.1) is 35.0 Å². The quantitative estimate of drug-likeness (QED) is 0.289. The van der Waals surface area contributed by atoms with E-state index in [1.54, 1.807) is 26.0 Å². The highest BCUT2D eigenvalue weighted by Crippen LogP contribution is 2.56. The number of aliphatic hydroxyl groups excluding tert-OH is 1. The number of aliphatic hydroxyl groups is 4. The van der Waals surface area contributed by atoms with Gasteiger partial charge in [0, 0.05) is 43.4 Å². The summed E-state index contributed by atoms with van der Waals surface area (Å²) in [6.45, 7) is 12.3. The average molecular weight is 703 g/mol. The largest absolute Gasteiger partial charge is 0.468 e. The van der Waals surface area contributed by atoms with E-state index in [4.69, 9.17) is 9.47 Å². The highest BCUT2D eigenvalue weighted by molar-refractivity contribution is 5.98. The molecule has 10 heteroatoms. The molecule has 50 heavy (non-hydrogen) atoms. The summed E-state index contributed by atoms with van der Waals surface area (Å²) in [6.07, 6.45) is 3.19. The molecule has 2 heterocycles. The van der Waals surface area contributed by atoms with Crippen molar-refractivity contribution in [2.45, 2.75) is 161 Å². The third-order valence-electron chi connectivity index (χ3n) is 12.5. The number of esters is 1. The van der Waals surface area contributed by atoms with Gasteiger partial charge in [-0.25, -0.2) is 0 Å². The van der Waals surface area contributed by atoms with E-state index in [9.17, 15) is 39.6 Å². The van der Waals surface area contributed by atoms with Crippen LogP contribution in [0.25, 0.3) is 0 Å². The summed E-state index contributed by atoms with van der Waals surface area (Å²) in [7, 11) is 1.20. The molecule has 2 fully saturated rings. The lowest BCUT2D eigenvalue weighted by molar-refractivity contribution is -0.219. The van der Waals surface area contributed by atoms with Crippen molar-refractivity contribution in [3.8, 4) is 0 Å². The molecule has 0 amide bonds. The molecule has 2 aliphatic carbocycles. The van der Waals surface area contributed by atoms with Gasteiger partial charge in [0.2, 0.25) is 0 Å². The molecule has 1 saturated heterocycles. The molecule has 0 aromatic rings. The van der Waals surface area contributed by atoms with Gasteiger partial charge in [0.25, 0.3) is 0 Å². The van der Waals surface area contributed by atoms with Crippen molar-refractivity contribution in [3.63, 3.8) is 0 Å². The smallest absolute Gasteiger partial charge is 0.317 e. The summed E-state index contributed by atoms with van der Waals surface area (Å²) in [4.78, 5) is 57.1. The number of hydrogen-bond acceptors (Lipinski definition) is 10. The lowest BCUT2D eigenvalue weighted by Crippen LogP contribution is -2.58. The molecule has 1 saturated carbocycles. The first kappa shape index (κ1) is 40.5. The van der Waals surface area contributed by atoms with Gasteiger partial charge >= 0.3 is 5.97 Å². The molecule has 2 aliphatic heterocycles. The fourth-order valence-corrected chi connectivity index (χ4v) is 9.26. The first-order valence-corrected chi connectivity index (χ1v) is 18.8. The topological polar surface area (TPSA) is 168 Å². The number of Topliss-reactive ketones (excluding diaryl/α,β-unsaturated/α-hetero) is 3. The number of ketones is 3. The molecule has 4 aliphatic rings. The van der Waals surface area contributed by atoms with Crippen molar-refractivity contribution in [2.75, 3.05) is 7.11 Å². The first-order valence-electron chi connectivity index (χ1n) is 18.8. The van der Waals surface area contributed by atoms with Crippen molar-refractivity contribution in [3.05, 3.63) is 23.3 Å². The van der Waals surface area contributed by atoms with Gasteiger partial charge < -0.3 is 29.9 Å². The van der Waals surface area contributed by atoms with Gasteiger partial charge in [-0.3, -0.25) is 19.2 Å². The summed E-state index contributed by atoms with van der Waals surface area (Å²) < 4.78 is 11.7. The van der Waals surface area contributed by atoms with Crippen LogP contribution in [-0.2, 0) is 28.7 Å². The zero-order chi connectivity index (χ0) is 37.4. The molecule has 2 bridgehead atoms. The van der Waals surface area contributed by atoms with Crippen LogP contribution < -0.4 is 0 Å². The zero-order valence-corrected chi connectivity index (χ0v) is 31.5. The summed E-state index contributed by atoms with van der Waals surface area (Å²) in [5.41, 5.74) is -6.30. The molecule has 10 nitrogen and oxygen atoms in total. The van der Waals surface area contributed by atoms with E-state index < -0.39 is 64.8 Å². The standard InChI is InChI=1S/C40H62O10/c1-23(2)26-19-29(41)25(4)13-11-12-24(3)18-30(42)28-20-39(7,48)35-27(40(28,22-31(26)43)36(45)49-8)14-9-10-15-33-37(5,46)17-16-34(50-33)38(6,47)21-32(35)44/h9,14,23-26,28,32-34,44,46-48H,10-13,15-22H2,1-8H3/b14-9+/t24-,25+,26-,28+,32+,33-,34+,37-,38-,39+,40-/m0/s1. The number of carbonyl (C=O) groups excluding carboxylic acids is 4. The summed E-state index contributed by atoms with van der Waals surface area (Å²) in [5.74, 6) is -3.94. The minimum Gasteiger partial charge on any atom is -0.468 e. The fraction of sp³-hybridized carbons (Fsp3) is 0.800. The van der Waals surface area contributed by atoms with Gasteiger partial charge in [-0.05, 0) is 82.3 Å². The monoisotopic (exact) mass is 702 g/mol. The van der Waals surface area contributed by atoms with Gasteiger partial charge in [-0.2, -0.15) is 0 Å².